The Kier molecular flexibility index (Phi) is 2.84. The van der Waals surface area contributed by atoms with Gasteiger partial charge >= 0.3 is 0 Å². The van der Waals surface area contributed by atoms with E-state index in [0.717, 1.165) is 16.3 Å². The van der Waals surface area contributed by atoms with E-state index in [1.165, 1.54) is 0 Å². The summed E-state index contributed by atoms with van der Waals surface area (Å²) in [5.74, 6) is -0.0242. The molecule has 0 atom stereocenters. The molecule has 0 fully saturated rings. The molecule has 3 aromatic rings. The highest BCUT2D eigenvalue weighted by molar-refractivity contribution is 6.10. The Balaban J connectivity index is 2.09. The van der Waals surface area contributed by atoms with Crippen molar-refractivity contribution in [1.29, 1.82) is 0 Å². The number of fused-ring (bicyclic) bond motifs is 1. The van der Waals surface area contributed by atoms with Crippen molar-refractivity contribution in [3.05, 3.63) is 77.6 Å². The highest BCUT2D eigenvalue weighted by Crippen LogP contribution is 2.18. The minimum Gasteiger partial charge on any atom is -0.287 e. The van der Waals surface area contributed by atoms with Gasteiger partial charge in [0.1, 0.15) is 5.69 Å². The van der Waals surface area contributed by atoms with E-state index in [4.69, 9.17) is 0 Å². The van der Waals surface area contributed by atoms with Crippen LogP contribution in [0.25, 0.3) is 10.8 Å². The van der Waals surface area contributed by atoms with Gasteiger partial charge in [-0.15, -0.1) is 0 Å². The fraction of sp³-hybridized carbons (Fsp3) is 0.0588. The maximum atomic E-state index is 12.4. The highest BCUT2D eigenvalue weighted by Gasteiger charge is 2.12. The van der Waals surface area contributed by atoms with Crippen LogP contribution in [0.2, 0.25) is 0 Å². The first-order valence-electron chi connectivity index (χ1n) is 6.21. The molecule has 0 spiro atoms. The van der Waals surface area contributed by atoms with Crippen molar-refractivity contribution in [2.45, 2.75) is 6.92 Å². The van der Waals surface area contributed by atoms with Crippen molar-refractivity contribution in [2.24, 2.45) is 0 Å². The zero-order valence-corrected chi connectivity index (χ0v) is 10.6. The third-order valence-corrected chi connectivity index (χ3v) is 3.24. The normalized spacial score (nSPS) is 10.6. The van der Waals surface area contributed by atoms with E-state index < -0.39 is 0 Å². The lowest BCUT2D eigenvalue weighted by atomic mass is 10.0. The summed E-state index contributed by atoms with van der Waals surface area (Å²) in [5, 5.41) is 2.21. The Morgan fingerprint density at radius 3 is 2.53 bits per heavy atom. The Morgan fingerprint density at radius 2 is 1.74 bits per heavy atom. The molecular formula is C17H13NO. The lowest BCUT2D eigenvalue weighted by Gasteiger charge is -2.05. The molecule has 0 N–H and O–H groups in total. The average Bonchev–Trinajstić information content (AvgIpc) is 2.46. The zero-order chi connectivity index (χ0) is 13.2. The van der Waals surface area contributed by atoms with Gasteiger partial charge in [-0.25, -0.2) is 0 Å². The molecule has 0 aliphatic carbocycles. The molecule has 0 unspecified atom stereocenters. The fourth-order valence-corrected chi connectivity index (χ4v) is 2.19. The fourth-order valence-electron chi connectivity index (χ4n) is 2.19. The SMILES string of the molecule is Cc1cccnc1C(=O)c1ccc2ccccc2c1. The number of hydrogen-bond donors (Lipinski definition) is 0. The third kappa shape index (κ3) is 2.13. The molecule has 2 heteroatoms. The minimum atomic E-state index is -0.0242. The molecular weight excluding hydrogens is 234 g/mol. The maximum Gasteiger partial charge on any atom is 0.211 e. The number of nitrogens with zero attached hydrogens (tertiary/aromatic N) is 1. The van der Waals surface area contributed by atoms with Crippen LogP contribution in [0, 0.1) is 6.92 Å². The molecule has 0 aliphatic rings. The second-order valence-corrected chi connectivity index (χ2v) is 4.56. The van der Waals surface area contributed by atoms with Crippen molar-refractivity contribution in [3.63, 3.8) is 0 Å². The summed E-state index contributed by atoms with van der Waals surface area (Å²) >= 11 is 0. The van der Waals surface area contributed by atoms with E-state index in [9.17, 15) is 4.79 Å². The van der Waals surface area contributed by atoms with Crippen LogP contribution in [-0.2, 0) is 0 Å². The monoisotopic (exact) mass is 247 g/mol. The third-order valence-electron chi connectivity index (χ3n) is 3.24. The summed E-state index contributed by atoms with van der Waals surface area (Å²) in [7, 11) is 0. The van der Waals surface area contributed by atoms with Gasteiger partial charge in [-0.2, -0.15) is 0 Å². The molecule has 0 saturated carbocycles. The second kappa shape index (κ2) is 4.65. The van der Waals surface area contributed by atoms with Crippen LogP contribution in [0.1, 0.15) is 21.6 Å². The van der Waals surface area contributed by atoms with E-state index in [2.05, 4.69) is 4.98 Å². The van der Waals surface area contributed by atoms with Crippen LogP contribution in [0.3, 0.4) is 0 Å². The van der Waals surface area contributed by atoms with Gasteiger partial charge < -0.3 is 0 Å². The minimum absolute atomic E-state index is 0.0242. The molecule has 19 heavy (non-hydrogen) atoms. The Bertz CT molecular complexity index is 762. The molecule has 92 valence electrons. The van der Waals surface area contributed by atoms with Gasteiger partial charge in [0.2, 0.25) is 5.78 Å². The smallest absolute Gasteiger partial charge is 0.211 e. The number of aromatic nitrogens is 1. The van der Waals surface area contributed by atoms with Gasteiger partial charge in [0.05, 0.1) is 0 Å². The number of hydrogen-bond acceptors (Lipinski definition) is 2. The van der Waals surface area contributed by atoms with Crippen molar-refractivity contribution in [1.82, 2.24) is 4.98 Å². The lowest BCUT2D eigenvalue weighted by molar-refractivity contribution is 0.103. The molecule has 1 aromatic heterocycles. The average molecular weight is 247 g/mol. The van der Waals surface area contributed by atoms with E-state index in [1.807, 2.05) is 61.5 Å². The largest absolute Gasteiger partial charge is 0.287 e. The first kappa shape index (κ1) is 11.6. The van der Waals surface area contributed by atoms with Crippen molar-refractivity contribution >= 4 is 16.6 Å². The number of carbonyl (C=O) groups excluding carboxylic acids is 1. The Hall–Kier alpha value is -2.48. The van der Waals surface area contributed by atoms with Crippen LogP contribution in [0.4, 0.5) is 0 Å². The van der Waals surface area contributed by atoms with Gasteiger partial charge in [-0.3, -0.25) is 9.78 Å². The molecule has 0 amide bonds. The molecule has 0 radical (unpaired) electrons. The van der Waals surface area contributed by atoms with E-state index >= 15 is 0 Å². The molecule has 0 aliphatic heterocycles. The van der Waals surface area contributed by atoms with Crippen LogP contribution in [0.15, 0.2) is 60.8 Å². The predicted octanol–water partition coefficient (Wildman–Crippen LogP) is 3.77. The van der Waals surface area contributed by atoms with Gasteiger partial charge in [0.25, 0.3) is 0 Å². The van der Waals surface area contributed by atoms with Crippen molar-refractivity contribution in [2.75, 3.05) is 0 Å². The standard InChI is InChI=1S/C17H13NO/c1-12-5-4-10-18-16(12)17(19)15-9-8-13-6-2-3-7-14(13)11-15/h2-11H,1H3. The number of ketones is 1. The van der Waals surface area contributed by atoms with Crippen LogP contribution >= 0.6 is 0 Å². The molecule has 0 bridgehead atoms. The van der Waals surface area contributed by atoms with Crippen LogP contribution in [0.5, 0.6) is 0 Å². The molecule has 3 rings (SSSR count). The summed E-state index contributed by atoms with van der Waals surface area (Å²) in [6, 6.07) is 17.5. The van der Waals surface area contributed by atoms with Gasteiger partial charge in [0, 0.05) is 11.8 Å². The van der Waals surface area contributed by atoms with Crippen molar-refractivity contribution in [3.8, 4) is 0 Å². The summed E-state index contributed by atoms with van der Waals surface area (Å²) in [5.41, 5.74) is 2.11. The predicted molar refractivity (Wildman–Crippen MR) is 76.4 cm³/mol. The molecule has 1 heterocycles. The molecule has 0 saturated heterocycles. The number of benzene rings is 2. The summed E-state index contributed by atoms with van der Waals surface area (Å²) in [6.07, 6.45) is 1.65. The molecule has 2 nitrogen and oxygen atoms in total. The van der Waals surface area contributed by atoms with Gasteiger partial charge in [-0.1, -0.05) is 42.5 Å². The number of rotatable bonds is 2. The summed E-state index contributed by atoms with van der Waals surface area (Å²) in [6.45, 7) is 1.90. The lowest BCUT2D eigenvalue weighted by Crippen LogP contribution is -2.06. The topological polar surface area (TPSA) is 30.0 Å². The quantitative estimate of drug-likeness (QED) is 0.645. The maximum absolute atomic E-state index is 12.4. The van der Waals surface area contributed by atoms with Gasteiger partial charge in [0.15, 0.2) is 0 Å². The zero-order valence-electron chi connectivity index (χ0n) is 10.6. The van der Waals surface area contributed by atoms with Crippen molar-refractivity contribution < 1.29 is 4.79 Å². The summed E-state index contributed by atoms with van der Waals surface area (Å²) < 4.78 is 0. The second-order valence-electron chi connectivity index (χ2n) is 4.56. The first-order chi connectivity index (χ1) is 9.25. The Labute approximate surface area is 111 Å². The number of pyridine rings is 1. The Morgan fingerprint density at radius 1 is 0.947 bits per heavy atom. The van der Waals surface area contributed by atoms with E-state index in [1.54, 1.807) is 6.20 Å². The van der Waals surface area contributed by atoms with E-state index in [0.29, 0.717) is 11.3 Å². The highest BCUT2D eigenvalue weighted by atomic mass is 16.1. The summed E-state index contributed by atoms with van der Waals surface area (Å²) in [4.78, 5) is 16.6. The first-order valence-corrected chi connectivity index (χ1v) is 6.21. The van der Waals surface area contributed by atoms with E-state index in [-0.39, 0.29) is 5.78 Å². The number of aryl methyl sites for hydroxylation is 1. The van der Waals surface area contributed by atoms with Gasteiger partial charge in [-0.05, 0) is 35.4 Å². The number of carbonyl (C=O) groups is 1. The van der Waals surface area contributed by atoms with Crippen LogP contribution in [-0.4, -0.2) is 10.8 Å². The van der Waals surface area contributed by atoms with Crippen LogP contribution < -0.4 is 0 Å². The molecule has 2 aromatic carbocycles.